The van der Waals surface area contributed by atoms with E-state index in [0.29, 0.717) is 17.1 Å². The van der Waals surface area contributed by atoms with Crippen molar-refractivity contribution in [2.75, 3.05) is 0 Å². The first kappa shape index (κ1) is 19.6. The van der Waals surface area contributed by atoms with Crippen LogP contribution in [0.3, 0.4) is 0 Å². The first-order valence-electron chi connectivity index (χ1n) is 10.2. The highest BCUT2D eigenvalue weighted by Gasteiger charge is 2.31. The third kappa shape index (κ3) is 3.75. The molecule has 1 fully saturated rings. The molecular formula is C24H21ClN4O2. The van der Waals surface area contributed by atoms with Crippen molar-refractivity contribution in [3.8, 4) is 11.1 Å². The molecule has 5 rings (SSSR count). The van der Waals surface area contributed by atoms with E-state index >= 15 is 0 Å². The van der Waals surface area contributed by atoms with Crippen molar-refractivity contribution < 1.29 is 4.79 Å². The number of aryl methyl sites for hydroxylation is 1. The smallest absolute Gasteiger partial charge is 0.327 e. The van der Waals surface area contributed by atoms with E-state index < -0.39 is 0 Å². The third-order valence-corrected chi connectivity index (χ3v) is 6.25. The summed E-state index contributed by atoms with van der Waals surface area (Å²) in [5.41, 5.74) is 4.61. The molecule has 156 valence electrons. The zero-order chi connectivity index (χ0) is 21.5. The number of hydrogen-bond donors (Lipinski definition) is 2. The number of rotatable bonds is 4. The summed E-state index contributed by atoms with van der Waals surface area (Å²) in [6.45, 7) is 0. The Kier molecular flexibility index (Phi) is 4.87. The summed E-state index contributed by atoms with van der Waals surface area (Å²) in [6, 6.07) is 17.4. The average Bonchev–Trinajstić information content (AvgIpc) is 3.03. The Balaban J connectivity index is 1.30. The minimum Gasteiger partial charge on any atom is -0.349 e. The van der Waals surface area contributed by atoms with Gasteiger partial charge in [0.25, 0.3) is 5.91 Å². The normalized spacial score (nSPS) is 18.0. The second kappa shape index (κ2) is 7.71. The molecule has 0 aliphatic heterocycles. The zero-order valence-electron chi connectivity index (χ0n) is 16.9. The standard InChI is InChI=1S/C24H21ClN4O2/c1-29-21-12-18(13-26-22(21)28-24(29)31)14-4-2-6-16(8-14)23(30)27-20-10-17(11-20)15-5-3-7-19(25)9-15/h2-9,12-13,17,20H,10-11H2,1H3,(H,27,30)(H,26,28,31). The number of pyridine rings is 1. The van der Waals surface area contributed by atoms with Crippen LogP contribution < -0.4 is 11.0 Å². The number of H-pyrrole nitrogens is 1. The number of carbonyl (C=O) groups excluding carboxylic acids is 1. The molecule has 31 heavy (non-hydrogen) atoms. The lowest BCUT2D eigenvalue weighted by Gasteiger charge is -2.36. The molecular weight excluding hydrogens is 412 g/mol. The van der Waals surface area contributed by atoms with Crippen LogP contribution >= 0.6 is 11.6 Å². The lowest BCUT2D eigenvalue weighted by Crippen LogP contribution is -2.43. The first-order valence-corrected chi connectivity index (χ1v) is 10.6. The van der Waals surface area contributed by atoms with Crippen molar-refractivity contribution in [2.45, 2.75) is 24.8 Å². The van der Waals surface area contributed by atoms with Crippen LogP contribution in [0.1, 0.15) is 34.7 Å². The van der Waals surface area contributed by atoms with Gasteiger partial charge < -0.3 is 5.32 Å². The van der Waals surface area contributed by atoms with Gasteiger partial charge in [-0.2, -0.15) is 0 Å². The number of amides is 1. The molecule has 2 N–H and O–H groups in total. The van der Waals surface area contributed by atoms with Crippen LogP contribution in [0.2, 0.25) is 5.02 Å². The highest BCUT2D eigenvalue weighted by atomic mass is 35.5. The minimum atomic E-state index is -0.204. The monoisotopic (exact) mass is 432 g/mol. The van der Waals surface area contributed by atoms with Gasteiger partial charge in [0.1, 0.15) is 0 Å². The van der Waals surface area contributed by atoms with E-state index in [1.165, 1.54) is 10.1 Å². The van der Waals surface area contributed by atoms with Gasteiger partial charge in [-0.05, 0) is 60.2 Å². The summed E-state index contributed by atoms with van der Waals surface area (Å²) in [5, 5.41) is 3.87. The van der Waals surface area contributed by atoms with Gasteiger partial charge in [-0.1, -0.05) is 35.9 Å². The number of carbonyl (C=O) groups is 1. The van der Waals surface area contributed by atoms with Crippen LogP contribution in [0.15, 0.2) is 65.6 Å². The topological polar surface area (TPSA) is 79.8 Å². The highest BCUT2D eigenvalue weighted by Crippen LogP contribution is 2.37. The van der Waals surface area contributed by atoms with Crippen molar-refractivity contribution >= 4 is 28.7 Å². The Morgan fingerprint density at radius 1 is 1.13 bits per heavy atom. The summed E-state index contributed by atoms with van der Waals surface area (Å²) in [6.07, 6.45) is 3.53. The van der Waals surface area contributed by atoms with Crippen molar-refractivity contribution in [2.24, 2.45) is 7.05 Å². The SMILES string of the molecule is Cn1c(=O)[nH]c2ncc(-c3cccc(C(=O)NC4CC(c5cccc(Cl)c5)C4)c3)cc21. The molecule has 1 aliphatic rings. The first-order chi connectivity index (χ1) is 15.0. The van der Waals surface area contributed by atoms with Gasteiger partial charge in [-0.25, -0.2) is 9.78 Å². The van der Waals surface area contributed by atoms with E-state index in [1.54, 1.807) is 13.2 Å². The van der Waals surface area contributed by atoms with Gasteiger partial charge >= 0.3 is 5.69 Å². The summed E-state index contributed by atoms with van der Waals surface area (Å²) < 4.78 is 1.52. The predicted octanol–water partition coefficient (Wildman–Crippen LogP) is 4.26. The van der Waals surface area contributed by atoms with Crippen LogP contribution in [-0.4, -0.2) is 26.5 Å². The van der Waals surface area contributed by atoms with Gasteiger partial charge in [0.15, 0.2) is 5.65 Å². The molecule has 0 bridgehead atoms. The molecule has 4 aromatic rings. The Bertz CT molecular complexity index is 1350. The summed E-state index contributed by atoms with van der Waals surface area (Å²) in [5.74, 6) is 0.348. The van der Waals surface area contributed by atoms with Crippen molar-refractivity contribution in [3.63, 3.8) is 0 Å². The van der Waals surface area contributed by atoms with Gasteiger partial charge in [-0.15, -0.1) is 0 Å². The molecule has 0 atom stereocenters. The molecule has 0 spiro atoms. The molecule has 0 unspecified atom stereocenters. The molecule has 1 amide bonds. The maximum Gasteiger partial charge on any atom is 0.327 e. The van der Waals surface area contributed by atoms with Crippen molar-refractivity contribution in [1.29, 1.82) is 0 Å². The van der Waals surface area contributed by atoms with Crippen LogP contribution in [0, 0.1) is 0 Å². The second-order valence-corrected chi connectivity index (χ2v) is 8.49. The fourth-order valence-corrected chi connectivity index (χ4v) is 4.33. The van der Waals surface area contributed by atoms with E-state index in [9.17, 15) is 9.59 Å². The van der Waals surface area contributed by atoms with E-state index in [0.717, 1.165) is 34.5 Å². The molecule has 7 heteroatoms. The number of aromatic nitrogens is 3. The lowest BCUT2D eigenvalue weighted by molar-refractivity contribution is 0.0909. The van der Waals surface area contributed by atoms with Crippen molar-refractivity contribution in [3.05, 3.63) is 87.4 Å². The average molecular weight is 433 g/mol. The van der Waals surface area contributed by atoms with Crippen molar-refractivity contribution in [1.82, 2.24) is 19.9 Å². The molecule has 2 aromatic heterocycles. The number of halogens is 1. The fourth-order valence-electron chi connectivity index (χ4n) is 4.13. The minimum absolute atomic E-state index is 0.0838. The Morgan fingerprint density at radius 2 is 1.94 bits per heavy atom. The van der Waals surface area contributed by atoms with Gasteiger partial charge in [0.2, 0.25) is 0 Å². The molecule has 0 radical (unpaired) electrons. The quantitative estimate of drug-likeness (QED) is 0.505. The Hall–Kier alpha value is -3.38. The van der Waals surface area contributed by atoms with E-state index in [2.05, 4.69) is 21.4 Å². The van der Waals surface area contributed by atoms with E-state index in [-0.39, 0.29) is 17.6 Å². The van der Waals surface area contributed by atoms with Gasteiger partial charge in [0, 0.05) is 35.4 Å². The molecule has 0 saturated heterocycles. The van der Waals surface area contributed by atoms with E-state index in [4.69, 9.17) is 11.6 Å². The Morgan fingerprint density at radius 3 is 2.74 bits per heavy atom. The van der Waals surface area contributed by atoms with Gasteiger partial charge in [-0.3, -0.25) is 14.3 Å². The molecule has 6 nitrogen and oxygen atoms in total. The molecule has 1 saturated carbocycles. The summed E-state index contributed by atoms with van der Waals surface area (Å²) in [4.78, 5) is 31.7. The number of nitrogens with zero attached hydrogens (tertiary/aromatic N) is 2. The van der Waals surface area contributed by atoms with E-state index in [1.807, 2.05) is 48.5 Å². The third-order valence-electron chi connectivity index (χ3n) is 6.01. The van der Waals surface area contributed by atoms with Crippen LogP contribution in [-0.2, 0) is 7.05 Å². The fraction of sp³-hybridized carbons (Fsp3) is 0.208. The molecule has 1 aliphatic carbocycles. The lowest BCUT2D eigenvalue weighted by atomic mass is 9.76. The largest absolute Gasteiger partial charge is 0.349 e. The maximum absolute atomic E-state index is 12.8. The number of imidazole rings is 1. The molecule has 2 aromatic carbocycles. The second-order valence-electron chi connectivity index (χ2n) is 8.06. The Labute approximate surface area is 183 Å². The zero-order valence-corrected chi connectivity index (χ0v) is 17.7. The van der Waals surface area contributed by atoms with Crippen LogP contribution in [0.5, 0.6) is 0 Å². The van der Waals surface area contributed by atoms with Crippen LogP contribution in [0.25, 0.3) is 22.3 Å². The summed E-state index contributed by atoms with van der Waals surface area (Å²) in [7, 11) is 1.70. The molecule has 2 heterocycles. The highest BCUT2D eigenvalue weighted by molar-refractivity contribution is 6.30. The van der Waals surface area contributed by atoms with Crippen LogP contribution in [0.4, 0.5) is 0 Å². The predicted molar refractivity (Wildman–Crippen MR) is 121 cm³/mol. The van der Waals surface area contributed by atoms with Gasteiger partial charge in [0.05, 0.1) is 5.52 Å². The number of aromatic amines is 1. The summed E-state index contributed by atoms with van der Waals surface area (Å²) >= 11 is 6.09. The number of benzene rings is 2. The number of fused-ring (bicyclic) bond motifs is 1. The number of nitrogens with one attached hydrogen (secondary N) is 2. The number of hydrogen-bond acceptors (Lipinski definition) is 3. The maximum atomic E-state index is 12.8.